The molecule has 0 aliphatic heterocycles. The number of hydrogen-bond donors (Lipinski definition) is 1. The minimum absolute atomic E-state index is 0.296. The lowest BCUT2D eigenvalue weighted by molar-refractivity contribution is 0.372. The summed E-state index contributed by atoms with van der Waals surface area (Å²) in [6, 6.07) is 20.2. The summed E-state index contributed by atoms with van der Waals surface area (Å²) in [6.07, 6.45) is 7.58. The summed E-state index contributed by atoms with van der Waals surface area (Å²) in [5.74, 6) is 1.38. The van der Waals surface area contributed by atoms with Crippen molar-refractivity contribution in [2.24, 2.45) is 11.8 Å². The first-order valence-electron chi connectivity index (χ1n) is 10.1. The van der Waals surface area contributed by atoms with Gasteiger partial charge in [-0.2, -0.15) is 0 Å². The fraction of sp³-hybridized carbons (Fsp3) is 0.478. The predicted octanol–water partition coefficient (Wildman–Crippen LogP) is 5.50. The quantitative estimate of drug-likeness (QED) is 0.623. The van der Waals surface area contributed by atoms with E-state index in [0.29, 0.717) is 12.0 Å². The molecule has 0 bridgehead atoms. The molecule has 1 N–H and O–H groups in total. The zero-order valence-corrected chi connectivity index (χ0v) is 17.0. The molecule has 0 radical (unpaired) electrons. The number of hydrogen-bond acceptors (Lipinski definition) is 1. The maximum atomic E-state index is 14.3. The van der Waals surface area contributed by atoms with Crippen LogP contribution in [0.4, 0.5) is 0 Å². The van der Waals surface area contributed by atoms with Gasteiger partial charge in [0.25, 0.3) is 0 Å². The predicted molar refractivity (Wildman–Crippen MR) is 113 cm³/mol. The van der Waals surface area contributed by atoms with Crippen molar-refractivity contribution in [3.05, 3.63) is 60.7 Å². The van der Waals surface area contributed by atoms with E-state index in [9.17, 15) is 4.57 Å². The molecule has 1 saturated carbocycles. The summed E-state index contributed by atoms with van der Waals surface area (Å²) in [5.41, 5.74) is 0. The Balaban J connectivity index is 1.91. The smallest absolute Gasteiger partial charge is 0.204 e. The normalized spacial score (nSPS) is 16.9. The number of rotatable bonds is 8. The van der Waals surface area contributed by atoms with E-state index in [0.717, 1.165) is 29.4 Å². The monoisotopic (exact) mass is 369 g/mol. The minimum atomic E-state index is -2.84. The number of benzene rings is 2. The van der Waals surface area contributed by atoms with Gasteiger partial charge in [0.1, 0.15) is 0 Å². The maximum absolute atomic E-state index is 14.3. The first-order valence-corrected chi connectivity index (χ1v) is 11.8. The van der Waals surface area contributed by atoms with Crippen LogP contribution in [0.5, 0.6) is 0 Å². The molecule has 2 aromatic carbocycles. The second kappa shape index (κ2) is 9.02. The Kier molecular flexibility index (Phi) is 6.73. The minimum Gasteiger partial charge on any atom is -0.297 e. The van der Waals surface area contributed by atoms with Crippen molar-refractivity contribution in [1.29, 1.82) is 0 Å². The highest BCUT2D eigenvalue weighted by Gasteiger charge is 2.31. The third-order valence-electron chi connectivity index (χ3n) is 5.45. The van der Waals surface area contributed by atoms with Gasteiger partial charge in [-0.3, -0.25) is 9.65 Å². The van der Waals surface area contributed by atoms with E-state index in [4.69, 9.17) is 0 Å². The van der Waals surface area contributed by atoms with E-state index in [1.54, 1.807) is 0 Å². The second-order valence-electron chi connectivity index (χ2n) is 8.12. The van der Waals surface area contributed by atoms with Crippen molar-refractivity contribution in [3.63, 3.8) is 0 Å². The summed E-state index contributed by atoms with van der Waals surface area (Å²) < 4.78 is 14.3. The van der Waals surface area contributed by atoms with E-state index in [1.807, 2.05) is 60.7 Å². The summed E-state index contributed by atoms with van der Waals surface area (Å²) in [5, 5.41) is 5.49. The van der Waals surface area contributed by atoms with Gasteiger partial charge in [0.15, 0.2) is 0 Å². The third kappa shape index (κ3) is 4.87. The Morgan fingerprint density at radius 2 is 1.42 bits per heavy atom. The topological polar surface area (TPSA) is 29.1 Å². The first-order chi connectivity index (χ1) is 12.6. The van der Waals surface area contributed by atoms with Gasteiger partial charge in [-0.05, 0) is 48.9 Å². The van der Waals surface area contributed by atoms with Crippen molar-refractivity contribution >= 4 is 17.9 Å². The highest BCUT2D eigenvalue weighted by atomic mass is 31.2. The van der Waals surface area contributed by atoms with Crippen LogP contribution in [0.1, 0.15) is 52.4 Å². The molecule has 1 fully saturated rings. The van der Waals surface area contributed by atoms with Crippen molar-refractivity contribution in [2.45, 2.75) is 58.4 Å². The molecular formula is C23H32NOP. The average molecular weight is 369 g/mol. The van der Waals surface area contributed by atoms with Gasteiger partial charge in [-0.15, -0.1) is 0 Å². The second-order valence-corrected chi connectivity index (χ2v) is 10.6. The Hall–Kier alpha value is -1.37. The van der Waals surface area contributed by atoms with E-state index < -0.39 is 7.29 Å². The van der Waals surface area contributed by atoms with Crippen LogP contribution < -0.4 is 15.7 Å². The van der Waals surface area contributed by atoms with Crippen molar-refractivity contribution in [3.8, 4) is 0 Å². The van der Waals surface area contributed by atoms with Crippen LogP contribution >= 0.6 is 7.29 Å². The largest absolute Gasteiger partial charge is 0.297 e. The van der Waals surface area contributed by atoms with Crippen LogP contribution in [0.25, 0.3) is 0 Å². The molecule has 0 spiro atoms. The van der Waals surface area contributed by atoms with E-state index in [1.165, 1.54) is 25.7 Å². The van der Waals surface area contributed by atoms with Gasteiger partial charge in [0.2, 0.25) is 7.29 Å². The molecule has 1 atom stereocenters. The van der Waals surface area contributed by atoms with Gasteiger partial charge in [0.05, 0.1) is 0 Å². The molecule has 1 aliphatic rings. The Morgan fingerprint density at radius 1 is 0.923 bits per heavy atom. The van der Waals surface area contributed by atoms with Gasteiger partial charge >= 0.3 is 0 Å². The molecule has 0 aromatic heterocycles. The van der Waals surface area contributed by atoms with Crippen LogP contribution in [0.15, 0.2) is 60.7 Å². The lowest BCUT2D eigenvalue weighted by atomic mass is 9.93. The van der Waals surface area contributed by atoms with Gasteiger partial charge in [-0.25, -0.2) is 0 Å². The molecule has 26 heavy (non-hydrogen) atoms. The van der Waals surface area contributed by atoms with E-state index >= 15 is 0 Å². The van der Waals surface area contributed by atoms with Crippen LogP contribution in [0.3, 0.4) is 0 Å². The molecule has 3 heteroatoms. The van der Waals surface area contributed by atoms with Crippen LogP contribution in [0.2, 0.25) is 0 Å². The van der Waals surface area contributed by atoms with Crippen molar-refractivity contribution < 1.29 is 4.57 Å². The summed E-state index contributed by atoms with van der Waals surface area (Å²) in [4.78, 5) is 0. The highest BCUT2D eigenvalue weighted by molar-refractivity contribution is 7.76. The molecule has 2 nitrogen and oxygen atoms in total. The Bertz CT molecular complexity index is 664. The maximum Gasteiger partial charge on any atom is 0.204 e. The van der Waals surface area contributed by atoms with Gasteiger partial charge < -0.3 is 0 Å². The molecular weight excluding hydrogens is 337 g/mol. The number of nitrogens with one attached hydrogen (secondary N) is 1. The Labute approximate surface area is 158 Å². The van der Waals surface area contributed by atoms with Crippen LogP contribution in [-0.4, -0.2) is 6.04 Å². The molecule has 140 valence electrons. The average Bonchev–Trinajstić information content (AvgIpc) is 3.15. The third-order valence-corrected chi connectivity index (χ3v) is 8.23. The fourth-order valence-electron chi connectivity index (χ4n) is 4.25. The van der Waals surface area contributed by atoms with Crippen LogP contribution in [-0.2, 0) is 4.57 Å². The molecule has 0 unspecified atom stereocenters. The van der Waals surface area contributed by atoms with E-state index in [2.05, 4.69) is 18.9 Å². The van der Waals surface area contributed by atoms with Crippen molar-refractivity contribution in [1.82, 2.24) is 5.09 Å². The SMILES string of the molecule is CC(C)C[C@@H](CC1CCCC1)NP(=O)(c1ccccc1)c1ccccc1. The molecule has 0 saturated heterocycles. The standard InChI is InChI=1S/C23H32NOP/c1-19(2)17-21(18-20-11-9-10-12-20)24-26(25,22-13-5-3-6-14-22)23-15-7-4-8-16-23/h3-8,13-16,19-21H,9-12,17-18H2,1-2H3,(H,24,25)/t21-/m0/s1. The van der Waals surface area contributed by atoms with Gasteiger partial charge in [0, 0.05) is 16.7 Å². The van der Waals surface area contributed by atoms with E-state index in [-0.39, 0.29) is 0 Å². The summed E-state index contributed by atoms with van der Waals surface area (Å²) in [6.45, 7) is 4.53. The molecule has 0 amide bonds. The molecule has 3 rings (SSSR count). The fourth-order valence-corrected chi connectivity index (χ4v) is 6.76. The lowest BCUT2D eigenvalue weighted by Crippen LogP contribution is -2.37. The highest BCUT2D eigenvalue weighted by Crippen LogP contribution is 2.41. The lowest BCUT2D eigenvalue weighted by Gasteiger charge is -2.29. The molecule has 2 aromatic rings. The molecule has 1 aliphatic carbocycles. The Morgan fingerprint density at radius 3 is 1.88 bits per heavy atom. The summed E-state index contributed by atoms with van der Waals surface area (Å²) in [7, 11) is -2.84. The van der Waals surface area contributed by atoms with Crippen molar-refractivity contribution in [2.75, 3.05) is 0 Å². The first kappa shape index (κ1) is 19.4. The summed E-state index contributed by atoms with van der Waals surface area (Å²) >= 11 is 0. The zero-order chi connectivity index (χ0) is 18.4. The molecule has 0 heterocycles. The van der Waals surface area contributed by atoms with Gasteiger partial charge in [-0.1, -0.05) is 75.9 Å². The van der Waals surface area contributed by atoms with Crippen LogP contribution in [0, 0.1) is 11.8 Å². The zero-order valence-electron chi connectivity index (χ0n) is 16.1.